The first-order chi connectivity index (χ1) is 9.68. The van der Waals surface area contributed by atoms with Crippen molar-refractivity contribution in [2.45, 2.75) is 18.9 Å². The third-order valence-corrected chi connectivity index (χ3v) is 4.58. The molecule has 1 aromatic carbocycles. The number of hydrogen-bond acceptors (Lipinski definition) is 2. The number of likely N-dealkylation sites (tertiary alicyclic amines) is 1. The number of halogens is 2. The number of furan rings is 1. The van der Waals surface area contributed by atoms with Gasteiger partial charge in [-0.15, -0.1) is 0 Å². The Kier molecular flexibility index (Phi) is 3.85. The molecule has 1 fully saturated rings. The molecule has 0 bridgehead atoms. The van der Waals surface area contributed by atoms with Crippen LogP contribution in [0.2, 0.25) is 5.02 Å². The standard InChI is InChI=1S/C15H13BrClNO2/c16-14-11(7-9-20-14)15(19)18-8-3-6-13(18)10-4-1-2-5-12(10)17/h1-2,4-5,7,9,13H,3,6,8H2. The van der Waals surface area contributed by atoms with Crippen molar-refractivity contribution in [2.24, 2.45) is 0 Å². The number of carbonyl (C=O) groups excluding carboxylic acids is 1. The molecule has 1 unspecified atom stereocenters. The fourth-order valence-electron chi connectivity index (χ4n) is 2.68. The summed E-state index contributed by atoms with van der Waals surface area (Å²) in [5, 5.41) is 0.712. The van der Waals surface area contributed by atoms with Gasteiger partial charge in [0.05, 0.1) is 17.9 Å². The lowest BCUT2D eigenvalue weighted by molar-refractivity contribution is 0.0733. The zero-order chi connectivity index (χ0) is 14.1. The van der Waals surface area contributed by atoms with Gasteiger partial charge in [-0.3, -0.25) is 4.79 Å². The molecule has 0 spiro atoms. The lowest BCUT2D eigenvalue weighted by Gasteiger charge is -2.25. The minimum atomic E-state index is -0.0203. The van der Waals surface area contributed by atoms with E-state index in [1.807, 2.05) is 29.2 Å². The molecular formula is C15H13BrClNO2. The number of benzene rings is 1. The van der Waals surface area contributed by atoms with Gasteiger partial charge < -0.3 is 9.32 Å². The van der Waals surface area contributed by atoms with E-state index in [2.05, 4.69) is 15.9 Å². The van der Waals surface area contributed by atoms with Gasteiger partial charge in [-0.1, -0.05) is 29.8 Å². The summed E-state index contributed by atoms with van der Waals surface area (Å²) in [6.07, 6.45) is 3.43. The van der Waals surface area contributed by atoms with Gasteiger partial charge in [-0.05, 0) is 46.5 Å². The van der Waals surface area contributed by atoms with E-state index in [1.54, 1.807) is 6.07 Å². The van der Waals surface area contributed by atoms with Crippen molar-refractivity contribution in [3.63, 3.8) is 0 Å². The van der Waals surface area contributed by atoms with Gasteiger partial charge in [0.2, 0.25) is 0 Å². The zero-order valence-electron chi connectivity index (χ0n) is 10.7. The average molecular weight is 355 g/mol. The summed E-state index contributed by atoms with van der Waals surface area (Å²) in [5.74, 6) is -0.0203. The first-order valence-electron chi connectivity index (χ1n) is 6.47. The quantitative estimate of drug-likeness (QED) is 0.785. The Morgan fingerprint density at radius 3 is 2.85 bits per heavy atom. The summed E-state index contributed by atoms with van der Waals surface area (Å²) < 4.78 is 5.63. The molecule has 3 nitrogen and oxygen atoms in total. The van der Waals surface area contributed by atoms with Gasteiger partial charge in [-0.2, -0.15) is 0 Å². The van der Waals surface area contributed by atoms with Crippen molar-refractivity contribution in [1.82, 2.24) is 4.90 Å². The molecule has 1 atom stereocenters. The van der Waals surface area contributed by atoms with Gasteiger partial charge in [0, 0.05) is 11.6 Å². The van der Waals surface area contributed by atoms with Crippen LogP contribution in [0.4, 0.5) is 0 Å². The van der Waals surface area contributed by atoms with E-state index in [4.69, 9.17) is 16.0 Å². The maximum atomic E-state index is 12.6. The minimum absolute atomic E-state index is 0.0203. The predicted octanol–water partition coefficient (Wildman–Crippen LogP) is 4.67. The topological polar surface area (TPSA) is 33.5 Å². The Balaban J connectivity index is 1.92. The van der Waals surface area contributed by atoms with E-state index < -0.39 is 0 Å². The van der Waals surface area contributed by atoms with E-state index in [0.717, 1.165) is 24.9 Å². The fourth-order valence-corrected chi connectivity index (χ4v) is 3.35. The van der Waals surface area contributed by atoms with Gasteiger partial charge in [0.25, 0.3) is 5.91 Å². The lowest BCUT2D eigenvalue weighted by atomic mass is 10.0. The Morgan fingerprint density at radius 1 is 1.35 bits per heavy atom. The fraction of sp³-hybridized carbons (Fsp3) is 0.267. The molecule has 2 aromatic rings. The van der Waals surface area contributed by atoms with Crippen LogP contribution in [0.3, 0.4) is 0 Å². The van der Waals surface area contributed by atoms with Crippen LogP contribution in [0.15, 0.2) is 45.7 Å². The Bertz CT molecular complexity index is 640. The molecule has 1 aliphatic heterocycles. The molecule has 1 saturated heterocycles. The highest BCUT2D eigenvalue weighted by molar-refractivity contribution is 9.10. The molecule has 5 heteroatoms. The van der Waals surface area contributed by atoms with Crippen LogP contribution in [0.25, 0.3) is 0 Å². The lowest BCUT2D eigenvalue weighted by Crippen LogP contribution is -2.30. The van der Waals surface area contributed by atoms with E-state index in [1.165, 1.54) is 6.26 Å². The van der Waals surface area contributed by atoms with Crippen LogP contribution < -0.4 is 0 Å². The van der Waals surface area contributed by atoms with Crippen molar-refractivity contribution in [2.75, 3.05) is 6.54 Å². The number of amides is 1. The van der Waals surface area contributed by atoms with Gasteiger partial charge in [0.15, 0.2) is 4.67 Å². The van der Waals surface area contributed by atoms with Gasteiger partial charge in [-0.25, -0.2) is 0 Å². The van der Waals surface area contributed by atoms with Crippen molar-refractivity contribution < 1.29 is 9.21 Å². The number of hydrogen-bond donors (Lipinski definition) is 0. The monoisotopic (exact) mass is 353 g/mol. The van der Waals surface area contributed by atoms with E-state index in [-0.39, 0.29) is 11.9 Å². The van der Waals surface area contributed by atoms with Crippen LogP contribution in [0, 0.1) is 0 Å². The Hall–Kier alpha value is -1.26. The third kappa shape index (κ3) is 2.38. The second-order valence-electron chi connectivity index (χ2n) is 4.79. The van der Waals surface area contributed by atoms with Gasteiger partial charge >= 0.3 is 0 Å². The van der Waals surface area contributed by atoms with E-state index >= 15 is 0 Å². The van der Waals surface area contributed by atoms with Crippen LogP contribution in [0.5, 0.6) is 0 Å². The smallest absolute Gasteiger partial charge is 0.258 e. The summed E-state index contributed by atoms with van der Waals surface area (Å²) in [5.41, 5.74) is 1.57. The zero-order valence-corrected chi connectivity index (χ0v) is 13.0. The van der Waals surface area contributed by atoms with E-state index in [9.17, 15) is 4.79 Å². The highest BCUT2D eigenvalue weighted by atomic mass is 79.9. The van der Waals surface area contributed by atoms with Crippen molar-refractivity contribution in [3.8, 4) is 0 Å². The molecule has 2 heterocycles. The van der Waals surface area contributed by atoms with Crippen molar-refractivity contribution in [3.05, 3.63) is 57.4 Å². The average Bonchev–Trinajstić information content (AvgIpc) is 3.07. The number of rotatable bonds is 2. The van der Waals surface area contributed by atoms with E-state index in [0.29, 0.717) is 15.3 Å². The summed E-state index contributed by atoms with van der Waals surface area (Å²) in [6.45, 7) is 0.742. The molecule has 20 heavy (non-hydrogen) atoms. The first kappa shape index (κ1) is 13.7. The van der Waals surface area contributed by atoms with Crippen LogP contribution in [-0.2, 0) is 0 Å². The maximum Gasteiger partial charge on any atom is 0.258 e. The summed E-state index contributed by atoms with van der Waals surface area (Å²) in [7, 11) is 0. The molecule has 0 aliphatic carbocycles. The highest BCUT2D eigenvalue weighted by Gasteiger charge is 2.32. The van der Waals surface area contributed by atoms with Crippen LogP contribution >= 0.6 is 27.5 Å². The highest BCUT2D eigenvalue weighted by Crippen LogP contribution is 2.37. The molecular weight excluding hydrogens is 342 g/mol. The Labute approximate surface area is 130 Å². The van der Waals surface area contributed by atoms with Gasteiger partial charge in [0.1, 0.15) is 0 Å². The molecule has 1 amide bonds. The minimum Gasteiger partial charge on any atom is -0.457 e. The first-order valence-corrected chi connectivity index (χ1v) is 7.64. The molecule has 3 rings (SSSR count). The second-order valence-corrected chi connectivity index (χ2v) is 5.91. The SMILES string of the molecule is O=C(c1ccoc1Br)N1CCCC1c1ccccc1Cl. The molecule has 1 aromatic heterocycles. The molecule has 1 aliphatic rings. The largest absolute Gasteiger partial charge is 0.457 e. The molecule has 104 valence electrons. The molecule has 0 saturated carbocycles. The third-order valence-electron chi connectivity index (χ3n) is 3.63. The predicted molar refractivity (Wildman–Crippen MR) is 80.9 cm³/mol. The molecule has 0 N–H and O–H groups in total. The number of nitrogens with zero attached hydrogens (tertiary/aromatic N) is 1. The number of carbonyl (C=O) groups is 1. The van der Waals surface area contributed by atoms with Crippen molar-refractivity contribution >= 4 is 33.4 Å². The summed E-state index contributed by atoms with van der Waals surface area (Å²) in [6, 6.07) is 9.44. The van der Waals surface area contributed by atoms with Crippen LogP contribution in [-0.4, -0.2) is 17.4 Å². The van der Waals surface area contributed by atoms with Crippen molar-refractivity contribution in [1.29, 1.82) is 0 Å². The Morgan fingerprint density at radius 2 is 2.15 bits per heavy atom. The second kappa shape index (κ2) is 5.62. The summed E-state index contributed by atoms with van der Waals surface area (Å²) in [4.78, 5) is 14.5. The normalized spacial score (nSPS) is 18.5. The maximum absolute atomic E-state index is 12.6. The van der Waals surface area contributed by atoms with Crippen LogP contribution in [0.1, 0.15) is 34.8 Å². The molecule has 0 radical (unpaired) electrons. The summed E-state index contributed by atoms with van der Waals surface area (Å²) >= 11 is 9.53.